The molecule has 5 N–H and O–H groups in total. The lowest BCUT2D eigenvalue weighted by atomic mass is 9.96. The Labute approximate surface area is 142 Å². The summed E-state index contributed by atoms with van der Waals surface area (Å²) in [6.45, 7) is 4.92. The molecule has 2 aromatic rings. The molecule has 1 heterocycles. The van der Waals surface area contributed by atoms with Gasteiger partial charge in [0.15, 0.2) is 0 Å². The molecule has 1 amide bonds. The van der Waals surface area contributed by atoms with Crippen LogP contribution in [-0.4, -0.2) is 18.4 Å². The van der Waals surface area contributed by atoms with E-state index in [1.165, 1.54) is 11.1 Å². The summed E-state index contributed by atoms with van der Waals surface area (Å²) in [7, 11) is 1.93. The maximum Gasteiger partial charge on any atom is 0.222 e. The summed E-state index contributed by atoms with van der Waals surface area (Å²) in [6.07, 6.45) is 2.18. The number of nitrogens with zero attached hydrogens (tertiary/aromatic N) is 1. The van der Waals surface area contributed by atoms with Crippen LogP contribution in [0, 0.1) is 0 Å². The molecule has 0 aliphatic carbocycles. The number of nitrogens with one attached hydrogen (secondary N) is 3. The normalized spacial score (nSPS) is 9.71. The van der Waals surface area contributed by atoms with E-state index in [0.29, 0.717) is 24.8 Å². The Bertz CT molecular complexity index is 605. The quantitative estimate of drug-likeness (QED) is 0.351. The molecule has 2 rings (SSSR count). The first kappa shape index (κ1) is 19.4. The van der Waals surface area contributed by atoms with Crippen LogP contribution in [0.15, 0.2) is 42.6 Å². The zero-order valence-electron chi connectivity index (χ0n) is 14.2. The molecule has 0 atom stereocenters. The molecule has 0 aliphatic heterocycles. The van der Waals surface area contributed by atoms with E-state index >= 15 is 0 Å². The largest absolute Gasteiger partial charge is 0.473 e. The first-order valence-corrected chi connectivity index (χ1v) is 7.62. The standard InChI is InChI=1S/C16H20N2O.CH5N3O/c1-12(2)13-7-6-8-15(17-3)14(13)11-19-16-9-4-5-10-18-16;2-4-3-1-5/h4-10,12,17H,11H2,1-3H3;1,4H,2H2,(H,3,5). The topological polar surface area (TPSA) is 101 Å². The van der Waals surface area contributed by atoms with Crippen molar-refractivity contribution in [1.29, 1.82) is 0 Å². The fraction of sp³-hybridized carbons (Fsp3) is 0.294. The van der Waals surface area contributed by atoms with Gasteiger partial charge in [0, 0.05) is 30.6 Å². The fourth-order valence-corrected chi connectivity index (χ4v) is 2.15. The number of pyridine rings is 1. The van der Waals surface area contributed by atoms with Crippen molar-refractivity contribution in [2.75, 3.05) is 12.4 Å². The number of nitrogens with two attached hydrogens (primary N) is 1. The number of anilines is 1. The van der Waals surface area contributed by atoms with Gasteiger partial charge in [0.2, 0.25) is 12.3 Å². The molecular formula is C17H25N5O2. The minimum Gasteiger partial charge on any atom is -0.473 e. The van der Waals surface area contributed by atoms with Gasteiger partial charge < -0.3 is 10.1 Å². The van der Waals surface area contributed by atoms with Gasteiger partial charge in [0.25, 0.3) is 0 Å². The number of aromatic nitrogens is 1. The monoisotopic (exact) mass is 331 g/mol. The summed E-state index contributed by atoms with van der Waals surface area (Å²) in [5, 5.41) is 3.23. The van der Waals surface area contributed by atoms with Crippen LogP contribution < -0.4 is 26.9 Å². The van der Waals surface area contributed by atoms with E-state index in [2.05, 4.69) is 48.2 Å². The van der Waals surface area contributed by atoms with Gasteiger partial charge in [-0.05, 0) is 23.6 Å². The molecule has 1 aromatic carbocycles. The number of carbonyl (C=O) groups is 1. The maximum atomic E-state index is 9.15. The third-order valence-corrected chi connectivity index (χ3v) is 3.25. The number of benzene rings is 1. The molecule has 7 heteroatoms. The van der Waals surface area contributed by atoms with Crippen LogP contribution in [0.3, 0.4) is 0 Å². The Morgan fingerprint density at radius 2 is 2.04 bits per heavy atom. The van der Waals surface area contributed by atoms with Gasteiger partial charge in [0.05, 0.1) is 0 Å². The first-order chi connectivity index (χ1) is 11.6. The smallest absolute Gasteiger partial charge is 0.222 e. The Kier molecular flexibility index (Phi) is 8.88. The summed E-state index contributed by atoms with van der Waals surface area (Å²) in [6, 6.07) is 12.0. The van der Waals surface area contributed by atoms with Crippen LogP contribution in [-0.2, 0) is 11.4 Å². The van der Waals surface area contributed by atoms with E-state index in [1.807, 2.05) is 36.2 Å². The van der Waals surface area contributed by atoms with Crippen LogP contribution in [0.1, 0.15) is 30.9 Å². The van der Waals surface area contributed by atoms with Gasteiger partial charge >= 0.3 is 0 Å². The Morgan fingerprint density at radius 1 is 1.25 bits per heavy atom. The number of hydrogen-bond acceptors (Lipinski definition) is 6. The van der Waals surface area contributed by atoms with Gasteiger partial charge in [-0.1, -0.05) is 32.0 Å². The number of carbonyl (C=O) groups excluding carboxylic acids is 1. The van der Waals surface area contributed by atoms with Gasteiger partial charge in [-0.3, -0.25) is 16.1 Å². The second kappa shape index (κ2) is 11.0. The predicted molar refractivity (Wildman–Crippen MR) is 95.2 cm³/mol. The average Bonchev–Trinajstić information content (AvgIpc) is 2.61. The van der Waals surface area contributed by atoms with Crippen LogP contribution in [0.25, 0.3) is 0 Å². The highest BCUT2D eigenvalue weighted by Gasteiger charge is 2.11. The van der Waals surface area contributed by atoms with Crippen molar-refractivity contribution in [2.45, 2.75) is 26.4 Å². The summed E-state index contributed by atoms with van der Waals surface area (Å²) in [5.41, 5.74) is 7.48. The third kappa shape index (κ3) is 6.23. The van der Waals surface area contributed by atoms with Crippen LogP contribution in [0.4, 0.5) is 5.69 Å². The molecule has 0 spiro atoms. The minimum atomic E-state index is 0.444. The summed E-state index contributed by atoms with van der Waals surface area (Å²) >= 11 is 0. The number of rotatable bonds is 7. The van der Waals surface area contributed by atoms with Crippen molar-refractivity contribution in [3.8, 4) is 5.88 Å². The number of hydrazine groups is 2. The number of hydrogen-bond donors (Lipinski definition) is 4. The second-order valence-corrected chi connectivity index (χ2v) is 5.14. The molecule has 0 radical (unpaired) electrons. The van der Waals surface area contributed by atoms with E-state index in [1.54, 1.807) is 6.20 Å². The lowest BCUT2D eigenvalue weighted by molar-refractivity contribution is -0.110. The van der Waals surface area contributed by atoms with E-state index in [-0.39, 0.29) is 0 Å². The summed E-state index contributed by atoms with van der Waals surface area (Å²) in [5.74, 6) is 5.67. The van der Waals surface area contributed by atoms with Crippen molar-refractivity contribution in [3.05, 3.63) is 53.7 Å². The zero-order valence-corrected chi connectivity index (χ0v) is 14.2. The Balaban J connectivity index is 0.000000505. The third-order valence-electron chi connectivity index (χ3n) is 3.25. The molecule has 0 bridgehead atoms. The molecule has 0 fully saturated rings. The average molecular weight is 331 g/mol. The van der Waals surface area contributed by atoms with Crippen molar-refractivity contribution in [2.24, 2.45) is 5.84 Å². The molecule has 0 saturated carbocycles. The van der Waals surface area contributed by atoms with Gasteiger partial charge in [-0.15, -0.1) is 0 Å². The zero-order chi connectivity index (χ0) is 17.8. The van der Waals surface area contributed by atoms with E-state index < -0.39 is 0 Å². The van der Waals surface area contributed by atoms with E-state index in [9.17, 15) is 0 Å². The van der Waals surface area contributed by atoms with Crippen molar-refractivity contribution in [3.63, 3.8) is 0 Å². The van der Waals surface area contributed by atoms with Gasteiger partial charge in [-0.2, -0.15) is 5.53 Å². The van der Waals surface area contributed by atoms with Gasteiger partial charge in [0.1, 0.15) is 6.61 Å². The predicted octanol–water partition coefficient (Wildman–Crippen LogP) is 1.94. The highest BCUT2D eigenvalue weighted by molar-refractivity contribution is 5.55. The summed E-state index contributed by atoms with van der Waals surface area (Å²) in [4.78, 5) is 13.3. The molecule has 1 aromatic heterocycles. The van der Waals surface area contributed by atoms with Crippen LogP contribution in [0.5, 0.6) is 5.88 Å². The number of amides is 1. The Hall–Kier alpha value is -2.64. The van der Waals surface area contributed by atoms with Crippen molar-refractivity contribution < 1.29 is 9.53 Å². The lowest BCUT2D eigenvalue weighted by Gasteiger charge is -2.17. The number of ether oxygens (including phenoxy) is 1. The molecule has 130 valence electrons. The summed E-state index contributed by atoms with van der Waals surface area (Å²) < 4.78 is 5.77. The van der Waals surface area contributed by atoms with Crippen molar-refractivity contribution in [1.82, 2.24) is 15.9 Å². The second-order valence-electron chi connectivity index (χ2n) is 5.14. The van der Waals surface area contributed by atoms with E-state index in [0.717, 1.165) is 5.69 Å². The molecule has 0 aliphatic rings. The molecule has 0 unspecified atom stereocenters. The fourth-order valence-electron chi connectivity index (χ4n) is 2.15. The first-order valence-electron chi connectivity index (χ1n) is 7.62. The lowest BCUT2D eigenvalue weighted by Crippen LogP contribution is -2.36. The van der Waals surface area contributed by atoms with Gasteiger partial charge in [-0.25, -0.2) is 4.98 Å². The Morgan fingerprint density at radius 3 is 2.54 bits per heavy atom. The molecule has 0 saturated heterocycles. The maximum absolute atomic E-state index is 9.15. The van der Waals surface area contributed by atoms with Crippen molar-refractivity contribution >= 4 is 12.1 Å². The molecular weight excluding hydrogens is 306 g/mol. The highest BCUT2D eigenvalue weighted by atomic mass is 16.5. The molecule has 7 nitrogen and oxygen atoms in total. The highest BCUT2D eigenvalue weighted by Crippen LogP contribution is 2.27. The minimum absolute atomic E-state index is 0.444. The van der Waals surface area contributed by atoms with E-state index in [4.69, 9.17) is 9.53 Å². The van der Waals surface area contributed by atoms with Crippen LogP contribution in [0.2, 0.25) is 0 Å². The van der Waals surface area contributed by atoms with Crippen LogP contribution >= 0.6 is 0 Å². The molecule has 24 heavy (non-hydrogen) atoms. The SMILES string of the molecule is CNc1cccc(C(C)C)c1COc1ccccn1.NNNC=O.